The van der Waals surface area contributed by atoms with Crippen LogP contribution in [0.3, 0.4) is 0 Å². The van der Waals surface area contributed by atoms with E-state index in [0.29, 0.717) is 22.8 Å². The minimum absolute atomic E-state index is 0.00255. The summed E-state index contributed by atoms with van der Waals surface area (Å²) < 4.78 is 0. The number of aromatic amines is 1. The Hall–Kier alpha value is -3.58. The molecule has 1 N–H and O–H groups in total. The third-order valence-electron chi connectivity index (χ3n) is 5.80. The molecule has 4 heterocycles. The Kier molecular flexibility index (Phi) is 5.64. The van der Waals surface area contributed by atoms with Crippen molar-refractivity contribution in [1.82, 2.24) is 30.0 Å². The Morgan fingerprint density at radius 1 is 1.06 bits per heavy atom. The van der Waals surface area contributed by atoms with Crippen LogP contribution in [-0.2, 0) is 0 Å². The molecular weight excluding hydrogens is 424 g/mol. The van der Waals surface area contributed by atoms with Crippen LogP contribution in [0.1, 0.15) is 34.8 Å². The number of carbonyl (C=O) groups excluding carboxylic acids is 1. The van der Waals surface area contributed by atoms with E-state index in [4.69, 9.17) is 11.6 Å². The first-order valence-electron chi connectivity index (χ1n) is 10.5. The van der Waals surface area contributed by atoms with Gasteiger partial charge in [-0.25, -0.2) is 9.97 Å². The van der Waals surface area contributed by atoms with Gasteiger partial charge in [0.15, 0.2) is 0 Å². The molecule has 1 aliphatic heterocycles. The number of rotatable bonds is 4. The molecule has 1 aliphatic rings. The second-order valence-corrected chi connectivity index (χ2v) is 8.29. The lowest BCUT2D eigenvalue weighted by Gasteiger charge is -2.33. The highest BCUT2D eigenvalue weighted by Gasteiger charge is 2.28. The molecule has 1 saturated heterocycles. The largest absolute Gasteiger partial charge is 0.338 e. The quantitative estimate of drug-likeness (QED) is 0.497. The number of nitrogens with one attached hydrogen (secondary N) is 1. The van der Waals surface area contributed by atoms with Crippen molar-refractivity contribution in [2.24, 2.45) is 0 Å². The number of likely N-dealkylation sites (tertiary alicyclic amines) is 1. The molecule has 160 valence electrons. The molecule has 1 atom stereocenters. The van der Waals surface area contributed by atoms with Crippen LogP contribution in [0.15, 0.2) is 67.5 Å². The summed E-state index contributed by atoms with van der Waals surface area (Å²) in [5.41, 5.74) is 5.25. The minimum Gasteiger partial charge on any atom is -0.338 e. The van der Waals surface area contributed by atoms with Crippen molar-refractivity contribution in [2.75, 3.05) is 13.1 Å². The van der Waals surface area contributed by atoms with Gasteiger partial charge in [0.25, 0.3) is 5.91 Å². The summed E-state index contributed by atoms with van der Waals surface area (Å²) in [6, 6.07) is 11.3. The summed E-state index contributed by atoms with van der Waals surface area (Å²) in [6.07, 6.45) is 10.3. The van der Waals surface area contributed by atoms with E-state index in [1.807, 2.05) is 35.4 Å². The van der Waals surface area contributed by atoms with Gasteiger partial charge < -0.3 is 4.90 Å². The number of hydrogen-bond acceptors (Lipinski definition) is 5. The summed E-state index contributed by atoms with van der Waals surface area (Å²) >= 11 is 6.04. The van der Waals surface area contributed by atoms with E-state index in [1.165, 1.54) is 6.33 Å². The van der Waals surface area contributed by atoms with Gasteiger partial charge in [0, 0.05) is 65.0 Å². The van der Waals surface area contributed by atoms with Crippen LogP contribution < -0.4 is 0 Å². The van der Waals surface area contributed by atoms with Gasteiger partial charge in [0.05, 0.1) is 11.9 Å². The van der Waals surface area contributed by atoms with Gasteiger partial charge in [0.1, 0.15) is 6.33 Å². The summed E-state index contributed by atoms with van der Waals surface area (Å²) in [6.45, 7) is 1.36. The van der Waals surface area contributed by atoms with E-state index < -0.39 is 0 Å². The van der Waals surface area contributed by atoms with Crippen LogP contribution in [0, 0.1) is 0 Å². The summed E-state index contributed by atoms with van der Waals surface area (Å²) in [7, 11) is 0. The molecule has 7 nitrogen and oxygen atoms in total. The second-order valence-electron chi connectivity index (χ2n) is 7.85. The first-order valence-corrected chi connectivity index (χ1v) is 10.9. The number of benzene rings is 1. The van der Waals surface area contributed by atoms with Gasteiger partial charge >= 0.3 is 0 Å². The Bertz CT molecular complexity index is 1220. The van der Waals surface area contributed by atoms with Gasteiger partial charge in [-0.3, -0.25) is 14.9 Å². The summed E-state index contributed by atoms with van der Waals surface area (Å²) in [5, 5.41) is 8.16. The lowest BCUT2D eigenvalue weighted by atomic mass is 9.90. The first kappa shape index (κ1) is 20.3. The van der Waals surface area contributed by atoms with Gasteiger partial charge in [-0.1, -0.05) is 23.7 Å². The number of aromatic nitrogens is 5. The number of carbonyl (C=O) groups is 1. The monoisotopic (exact) mass is 444 g/mol. The molecule has 32 heavy (non-hydrogen) atoms. The predicted molar refractivity (Wildman–Crippen MR) is 122 cm³/mol. The maximum atomic E-state index is 13.3. The van der Waals surface area contributed by atoms with Crippen LogP contribution in [0.2, 0.25) is 5.02 Å². The Morgan fingerprint density at radius 2 is 1.88 bits per heavy atom. The fourth-order valence-electron chi connectivity index (χ4n) is 4.20. The molecule has 0 radical (unpaired) electrons. The molecule has 0 bridgehead atoms. The first-order chi connectivity index (χ1) is 15.7. The third kappa shape index (κ3) is 4.11. The molecule has 3 aromatic heterocycles. The fraction of sp³-hybridized carbons (Fsp3) is 0.208. The van der Waals surface area contributed by atoms with E-state index in [1.54, 1.807) is 30.7 Å². The van der Waals surface area contributed by atoms with E-state index in [-0.39, 0.29) is 11.8 Å². The Morgan fingerprint density at radius 3 is 2.69 bits per heavy atom. The SMILES string of the molecule is O=C(c1ccnc(-c2cncnc2)c1)N1CCCC(c2[nH]ncc2-c2ccc(Cl)cc2)C1. The van der Waals surface area contributed by atoms with Crippen molar-refractivity contribution >= 4 is 17.5 Å². The second kappa shape index (κ2) is 8.88. The predicted octanol–water partition coefficient (Wildman–Crippen LogP) is 4.60. The van der Waals surface area contributed by atoms with Crippen LogP contribution in [0.5, 0.6) is 0 Å². The van der Waals surface area contributed by atoms with Crippen LogP contribution in [-0.4, -0.2) is 49.0 Å². The Balaban J connectivity index is 1.37. The number of nitrogens with zero attached hydrogens (tertiary/aromatic N) is 5. The molecule has 0 spiro atoms. The number of halogens is 1. The van der Waals surface area contributed by atoms with Gasteiger partial charge in [-0.2, -0.15) is 5.10 Å². The number of H-pyrrole nitrogens is 1. The summed E-state index contributed by atoms with van der Waals surface area (Å²) in [4.78, 5) is 27.7. The standard InChI is InChI=1S/C24H21ClN6O/c25-20-5-3-16(4-6-20)21-13-29-30-23(21)18-2-1-9-31(14-18)24(32)17-7-8-28-22(10-17)19-11-26-15-27-12-19/h3-8,10-13,15,18H,1-2,9,14H2,(H,29,30). The normalized spacial score (nSPS) is 16.2. The zero-order valence-electron chi connectivity index (χ0n) is 17.3. The van der Waals surface area contributed by atoms with E-state index in [9.17, 15) is 4.79 Å². The molecule has 0 saturated carbocycles. The molecule has 1 amide bonds. The lowest BCUT2D eigenvalue weighted by Crippen LogP contribution is -2.39. The Labute approximate surface area is 190 Å². The fourth-order valence-corrected chi connectivity index (χ4v) is 4.33. The zero-order valence-corrected chi connectivity index (χ0v) is 18.0. The van der Waals surface area contributed by atoms with Gasteiger partial charge in [0.2, 0.25) is 0 Å². The maximum Gasteiger partial charge on any atom is 0.254 e. The van der Waals surface area contributed by atoms with Crippen molar-refractivity contribution in [2.45, 2.75) is 18.8 Å². The number of hydrogen-bond donors (Lipinski definition) is 1. The molecule has 1 aromatic carbocycles. The number of piperidine rings is 1. The third-order valence-corrected chi connectivity index (χ3v) is 6.06. The average molecular weight is 445 g/mol. The number of pyridine rings is 1. The van der Waals surface area contributed by atoms with Gasteiger partial charge in [-0.15, -0.1) is 0 Å². The highest BCUT2D eigenvalue weighted by Crippen LogP contribution is 2.34. The van der Waals surface area contributed by atoms with Crippen LogP contribution in [0.25, 0.3) is 22.4 Å². The molecule has 5 rings (SSSR count). The van der Waals surface area contributed by atoms with Gasteiger partial charge in [-0.05, 0) is 42.7 Å². The van der Waals surface area contributed by atoms with E-state index in [2.05, 4.69) is 25.1 Å². The highest BCUT2D eigenvalue weighted by atomic mass is 35.5. The van der Waals surface area contributed by atoms with Crippen molar-refractivity contribution < 1.29 is 4.79 Å². The minimum atomic E-state index is 0.00255. The smallest absolute Gasteiger partial charge is 0.254 e. The molecule has 0 aliphatic carbocycles. The maximum absolute atomic E-state index is 13.3. The van der Waals surface area contributed by atoms with E-state index in [0.717, 1.165) is 41.8 Å². The van der Waals surface area contributed by atoms with Crippen molar-refractivity contribution in [3.63, 3.8) is 0 Å². The van der Waals surface area contributed by atoms with Crippen LogP contribution in [0.4, 0.5) is 0 Å². The lowest BCUT2D eigenvalue weighted by molar-refractivity contribution is 0.0706. The molecule has 1 fully saturated rings. The summed E-state index contributed by atoms with van der Waals surface area (Å²) in [5.74, 6) is 0.187. The zero-order chi connectivity index (χ0) is 21.9. The molecule has 8 heteroatoms. The molecular formula is C24H21ClN6O. The van der Waals surface area contributed by atoms with Crippen molar-refractivity contribution in [3.8, 4) is 22.4 Å². The van der Waals surface area contributed by atoms with Crippen molar-refractivity contribution in [3.05, 3.63) is 83.8 Å². The molecule has 4 aromatic rings. The average Bonchev–Trinajstić information content (AvgIpc) is 3.35. The number of amides is 1. The van der Waals surface area contributed by atoms with E-state index >= 15 is 0 Å². The highest BCUT2D eigenvalue weighted by molar-refractivity contribution is 6.30. The topological polar surface area (TPSA) is 87.7 Å². The molecule has 1 unspecified atom stereocenters. The van der Waals surface area contributed by atoms with Crippen LogP contribution >= 0.6 is 11.6 Å². The van der Waals surface area contributed by atoms with Crippen molar-refractivity contribution in [1.29, 1.82) is 0 Å².